The monoisotopic (exact) mass is 210 g/mol. The molecule has 3 N–H and O–H groups in total. The van der Waals surface area contributed by atoms with Gasteiger partial charge in [0.1, 0.15) is 5.82 Å². The van der Waals surface area contributed by atoms with E-state index in [0.717, 1.165) is 31.6 Å². The number of nitrogens with two attached hydrogens (primary N) is 1. The lowest BCUT2D eigenvalue weighted by Gasteiger charge is -2.09. The average Bonchev–Trinajstić information content (AvgIpc) is 2.24. The Labute approximate surface area is 90.7 Å². The summed E-state index contributed by atoms with van der Waals surface area (Å²) >= 11 is 0. The minimum atomic E-state index is -0.176. The number of hydrogen-bond acceptors (Lipinski definition) is 2. The maximum absolute atomic E-state index is 12.8. The molecule has 1 atom stereocenters. The van der Waals surface area contributed by atoms with Crippen LogP contribution in [0.1, 0.15) is 18.9 Å². The van der Waals surface area contributed by atoms with Crippen LogP contribution in [0.4, 0.5) is 4.39 Å². The number of hydrogen-bond donors (Lipinski definition) is 2. The molecule has 0 bridgehead atoms. The molecule has 1 aromatic rings. The Morgan fingerprint density at radius 2 is 2.27 bits per heavy atom. The highest BCUT2D eigenvalue weighted by Gasteiger charge is 1.98. The molecule has 0 saturated heterocycles. The second kappa shape index (κ2) is 6.53. The minimum absolute atomic E-state index is 0.176. The van der Waals surface area contributed by atoms with Crippen molar-refractivity contribution in [1.82, 2.24) is 5.32 Å². The maximum atomic E-state index is 12.8. The normalized spacial score (nSPS) is 12.7. The van der Waals surface area contributed by atoms with Gasteiger partial charge in [-0.15, -0.1) is 0 Å². The Kier molecular flexibility index (Phi) is 5.29. The summed E-state index contributed by atoms with van der Waals surface area (Å²) in [4.78, 5) is 0. The first-order valence-electron chi connectivity index (χ1n) is 5.37. The van der Waals surface area contributed by atoms with Gasteiger partial charge in [-0.05, 0) is 43.1 Å². The van der Waals surface area contributed by atoms with Gasteiger partial charge >= 0.3 is 0 Å². The number of halogens is 1. The molecule has 1 rings (SSSR count). The van der Waals surface area contributed by atoms with Crippen molar-refractivity contribution in [2.75, 3.05) is 13.1 Å². The van der Waals surface area contributed by atoms with Crippen molar-refractivity contribution in [3.05, 3.63) is 35.6 Å². The summed E-state index contributed by atoms with van der Waals surface area (Å²) in [5, 5.41) is 3.27. The Morgan fingerprint density at radius 1 is 1.47 bits per heavy atom. The molecule has 1 unspecified atom stereocenters. The van der Waals surface area contributed by atoms with E-state index in [4.69, 9.17) is 5.73 Å². The molecule has 2 nitrogen and oxygen atoms in total. The van der Waals surface area contributed by atoms with Crippen LogP contribution in [0.3, 0.4) is 0 Å². The van der Waals surface area contributed by atoms with Gasteiger partial charge in [0.05, 0.1) is 0 Å². The highest BCUT2D eigenvalue weighted by molar-refractivity contribution is 5.15. The first-order chi connectivity index (χ1) is 7.22. The number of benzene rings is 1. The Bertz CT molecular complexity index is 289. The third-order valence-electron chi connectivity index (χ3n) is 2.43. The van der Waals surface area contributed by atoms with E-state index < -0.39 is 0 Å². The Hall–Kier alpha value is -0.930. The Morgan fingerprint density at radius 3 is 2.93 bits per heavy atom. The summed E-state index contributed by atoms with van der Waals surface area (Å²) in [6.07, 6.45) is 1.06. The molecule has 1 aromatic carbocycles. The van der Waals surface area contributed by atoms with E-state index in [1.807, 2.05) is 6.07 Å². The predicted molar refractivity (Wildman–Crippen MR) is 60.9 cm³/mol. The van der Waals surface area contributed by atoms with E-state index in [1.165, 1.54) is 6.07 Å². The van der Waals surface area contributed by atoms with Crippen LogP contribution in [0.15, 0.2) is 24.3 Å². The SMILES string of the molecule is CC(CN)CCNCc1cccc(F)c1. The molecule has 0 aliphatic heterocycles. The van der Waals surface area contributed by atoms with Crippen molar-refractivity contribution in [1.29, 1.82) is 0 Å². The third kappa shape index (κ3) is 4.91. The lowest BCUT2D eigenvalue weighted by Crippen LogP contribution is -2.20. The van der Waals surface area contributed by atoms with Gasteiger partial charge in [0.2, 0.25) is 0 Å². The molecule has 0 spiro atoms. The van der Waals surface area contributed by atoms with Crippen LogP contribution < -0.4 is 11.1 Å². The highest BCUT2D eigenvalue weighted by Crippen LogP contribution is 2.03. The fourth-order valence-electron chi connectivity index (χ4n) is 1.35. The number of nitrogens with one attached hydrogen (secondary N) is 1. The van der Waals surface area contributed by atoms with Crippen molar-refractivity contribution < 1.29 is 4.39 Å². The van der Waals surface area contributed by atoms with Gasteiger partial charge in [0, 0.05) is 6.54 Å². The van der Waals surface area contributed by atoms with Gasteiger partial charge in [-0.2, -0.15) is 0 Å². The van der Waals surface area contributed by atoms with E-state index in [-0.39, 0.29) is 5.82 Å². The maximum Gasteiger partial charge on any atom is 0.123 e. The van der Waals surface area contributed by atoms with Crippen LogP contribution in [0.5, 0.6) is 0 Å². The lowest BCUT2D eigenvalue weighted by molar-refractivity contribution is 0.509. The second-order valence-corrected chi connectivity index (χ2v) is 3.94. The smallest absolute Gasteiger partial charge is 0.123 e. The molecule has 84 valence electrons. The fraction of sp³-hybridized carbons (Fsp3) is 0.500. The van der Waals surface area contributed by atoms with Crippen LogP contribution in [-0.2, 0) is 6.54 Å². The second-order valence-electron chi connectivity index (χ2n) is 3.94. The van der Waals surface area contributed by atoms with E-state index in [9.17, 15) is 4.39 Å². The van der Waals surface area contributed by atoms with Crippen molar-refractivity contribution in [2.24, 2.45) is 11.7 Å². The van der Waals surface area contributed by atoms with Crippen LogP contribution >= 0.6 is 0 Å². The van der Waals surface area contributed by atoms with Crippen molar-refractivity contribution in [3.8, 4) is 0 Å². The first-order valence-corrected chi connectivity index (χ1v) is 5.37. The quantitative estimate of drug-likeness (QED) is 0.704. The third-order valence-corrected chi connectivity index (χ3v) is 2.43. The molecule has 0 radical (unpaired) electrons. The topological polar surface area (TPSA) is 38.0 Å². The molecule has 0 amide bonds. The molecule has 0 aliphatic rings. The molecule has 0 saturated carbocycles. The van der Waals surface area contributed by atoms with E-state index in [2.05, 4.69) is 12.2 Å². The standard InChI is InChI=1S/C12H19FN2/c1-10(8-14)5-6-15-9-11-3-2-4-12(13)7-11/h2-4,7,10,15H,5-6,8-9,14H2,1H3. The lowest BCUT2D eigenvalue weighted by atomic mass is 10.1. The van der Waals surface area contributed by atoms with Crippen LogP contribution in [0.25, 0.3) is 0 Å². The van der Waals surface area contributed by atoms with Gasteiger partial charge < -0.3 is 11.1 Å². The molecular weight excluding hydrogens is 191 g/mol. The minimum Gasteiger partial charge on any atom is -0.330 e. The zero-order chi connectivity index (χ0) is 11.1. The van der Waals surface area contributed by atoms with Gasteiger partial charge in [-0.1, -0.05) is 19.1 Å². The van der Waals surface area contributed by atoms with Crippen LogP contribution in [0.2, 0.25) is 0 Å². The molecule has 0 heterocycles. The van der Waals surface area contributed by atoms with E-state index in [1.54, 1.807) is 12.1 Å². The zero-order valence-corrected chi connectivity index (χ0v) is 9.17. The molecule has 15 heavy (non-hydrogen) atoms. The summed E-state index contributed by atoms with van der Waals surface area (Å²) in [5.41, 5.74) is 6.49. The first kappa shape index (κ1) is 12.1. The summed E-state index contributed by atoms with van der Waals surface area (Å²) < 4.78 is 12.8. The van der Waals surface area contributed by atoms with Crippen LogP contribution in [0, 0.1) is 11.7 Å². The summed E-state index contributed by atoms with van der Waals surface area (Å²) in [5.74, 6) is 0.370. The molecule has 0 fully saturated rings. The molecule has 0 aromatic heterocycles. The van der Waals surface area contributed by atoms with Crippen LogP contribution in [-0.4, -0.2) is 13.1 Å². The fourth-order valence-corrected chi connectivity index (χ4v) is 1.35. The van der Waals surface area contributed by atoms with Gasteiger partial charge in [0.15, 0.2) is 0 Å². The zero-order valence-electron chi connectivity index (χ0n) is 9.17. The molecule has 3 heteroatoms. The Balaban J connectivity index is 2.20. The summed E-state index contributed by atoms with van der Waals surface area (Å²) in [6, 6.07) is 6.66. The molecule has 0 aliphatic carbocycles. The van der Waals surface area contributed by atoms with Crippen molar-refractivity contribution in [2.45, 2.75) is 19.9 Å². The van der Waals surface area contributed by atoms with Gasteiger partial charge in [-0.3, -0.25) is 0 Å². The van der Waals surface area contributed by atoms with E-state index in [0.29, 0.717) is 5.92 Å². The van der Waals surface area contributed by atoms with Crippen molar-refractivity contribution >= 4 is 0 Å². The summed E-state index contributed by atoms with van der Waals surface area (Å²) in [6.45, 7) is 4.50. The van der Waals surface area contributed by atoms with Crippen molar-refractivity contribution in [3.63, 3.8) is 0 Å². The molecular formula is C12H19FN2. The van der Waals surface area contributed by atoms with E-state index >= 15 is 0 Å². The van der Waals surface area contributed by atoms with Gasteiger partial charge in [0.25, 0.3) is 0 Å². The van der Waals surface area contributed by atoms with Gasteiger partial charge in [-0.25, -0.2) is 4.39 Å². The summed E-state index contributed by atoms with van der Waals surface area (Å²) in [7, 11) is 0. The largest absolute Gasteiger partial charge is 0.330 e. The average molecular weight is 210 g/mol. The predicted octanol–water partition coefficient (Wildman–Crippen LogP) is 1.90. The number of rotatable bonds is 6. The highest BCUT2D eigenvalue weighted by atomic mass is 19.1.